The average molecular weight is 199 g/mol. The number of nitrogens with zero attached hydrogens (tertiary/aromatic N) is 1. The Hall–Kier alpha value is -1.71. The van der Waals surface area contributed by atoms with Gasteiger partial charge in [0.2, 0.25) is 0 Å². The van der Waals surface area contributed by atoms with Gasteiger partial charge in [-0.1, -0.05) is 36.4 Å². The van der Waals surface area contributed by atoms with Gasteiger partial charge in [0, 0.05) is 12.4 Å². The molecule has 0 aliphatic heterocycles. The fourth-order valence-electron chi connectivity index (χ4n) is 1.58. The monoisotopic (exact) mass is 199 g/mol. The van der Waals surface area contributed by atoms with E-state index in [0.29, 0.717) is 0 Å². The lowest BCUT2D eigenvalue weighted by Gasteiger charge is -2.15. The molecule has 1 heterocycles. The highest BCUT2D eigenvalue weighted by Crippen LogP contribution is 2.19. The topological polar surface area (TPSA) is 50.9 Å². The molecular weight excluding hydrogens is 186 g/mol. The highest BCUT2D eigenvalue weighted by molar-refractivity contribution is 5.29. The smallest absolute Gasteiger partial charge is 0.0725 e. The summed E-state index contributed by atoms with van der Waals surface area (Å²) < 4.78 is 0. The van der Waals surface area contributed by atoms with E-state index in [1.54, 1.807) is 6.20 Å². The van der Waals surface area contributed by atoms with E-state index < -0.39 is 0 Å². The van der Waals surface area contributed by atoms with Crippen LogP contribution in [0.5, 0.6) is 0 Å². The number of hydrogen-bond donors (Lipinski definition) is 2. The van der Waals surface area contributed by atoms with Crippen LogP contribution in [0.15, 0.2) is 54.9 Å². The molecule has 3 heteroatoms. The minimum absolute atomic E-state index is 0.0000926. The summed E-state index contributed by atoms with van der Waals surface area (Å²) in [5.41, 5.74) is 4.99. The molecule has 76 valence electrons. The lowest BCUT2D eigenvalue weighted by Crippen LogP contribution is -2.28. The Morgan fingerprint density at radius 1 is 1.00 bits per heavy atom. The Bertz CT molecular complexity index is 360. The van der Waals surface area contributed by atoms with Crippen molar-refractivity contribution >= 4 is 0 Å². The zero-order chi connectivity index (χ0) is 10.5. The third-order valence-electron chi connectivity index (χ3n) is 2.32. The molecule has 0 saturated carbocycles. The zero-order valence-electron chi connectivity index (χ0n) is 8.30. The number of rotatable bonds is 3. The number of nitrogens with two attached hydrogens (primary N) is 1. The van der Waals surface area contributed by atoms with Crippen LogP contribution in [0, 0.1) is 0 Å². The maximum Gasteiger partial charge on any atom is 0.0725 e. The van der Waals surface area contributed by atoms with Crippen LogP contribution in [0.1, 0.15) is 17.2 Å². The Morgan fingerprint density at radius 3 is 2.33 bits per heavy atom. The van der Waals surface area contributed by atoms with Crippen LogP contribution in [0.4, 0.5) is 0 Å². The van der Waals surface area contributed by atoms with E-state index >= 15 is 0 Å². The molecule has 15 heavy (non-hydrogen) atoms. The predicted octanol–water partition coefficient (Wildman–Crippen LogP) is 1.63. The minimum atomic E-state index is -0.0000926. The highest BCUT2D eigenvalue weighted by Gasteiger charge is 2.10. The fraction of sp³-hybridized carbons (Fsp3) is 0.0833. The molecular formula is C12H13N3. The number of hydrazine groups is 1. The first-order chi connectivity index (χ1) is 7.42. The highest BCUT2D eigenvalue weighted by atomic mass is 15.2. The normalized spacial score (nSPS) is 12.3. The van der Waals surface area contributed by atoms with Gasteiger partial charge in [0.05, 0.1) is 6.04 Å². The van der Waals surface area contributed by atoms with Crippen molar-refractivity contribution in [2.45, 2.75) is 6.04 Å². The summed E-state index contributed by atoms with van der Waals surface area (Å²) in [5.74, 6) is 5.56. The van der Waals surface area contributed by atoms with Gasteiger partial charge in [0.1, 0.15) is 0 Å². The molecule has 0 amide bonds. The van der Waals surface area contributed by atoms with Gasteiger partial charge < -0.3 is 0 Å². The second-order valence-corrected chi connectivity index (χ2v) is 3.30. The summed E-state index contributed by atoms with van der Waals surface area (Å²) in [4.78, 5) is 4.08. The molecule has 0 spiro atoms. The molecule has 0 aliphatic carbocycles. The summed E-state index contributed by atoms with van der Waals surface area (Å²) in [7, 11) is 0. The van der Waals surface area contributed by atoms with Gasteiger partial charge in [0.25, 0.3) is 0 Å². The van der Waals surface area contributed by atoms with Gasteiger partial charge in [-0.05, 0) is 17.2 Å². The van der Waals surface area contributed by atoms with Crippen molar-refractivity contribution in [3.63, 3.8) is 0 Å². The quantitative estimate of drug-likeness (QED) is 0.583. The number of benzene rings is 1. The van der Waals surface area contributed by atoms with Gasteiger partial charge in [-0.25, -0.2) is 5.43 Å². The summed E-state index contributed by atoms with van der Waals surface area (Å²) >= 11 is 0. The molecule has 0 aliphatic rings. The largest absolute Gasteiger partial charge is 0.271 e. The van der Waals surface area contributed by atoms with Crippen LogP contribution >= 0.6 is 0 Å². The molecule has 0 saturated heterocycles. The van der Waals surface area contributed by atoms with E-state index in [-0.39, 0.29) is 6.04 Å². The van der Waals surface area contributed by atoms with Crippen molar-refractivity contribution < 1.29 is 0 Å². The first kappa shape index (κ1) is 9.83. The fourth-order valence-corrected chi connectivity index (χ4v) is 1.58. The van der Waals surface area contributed by atoms with E-state index in [0.717, 1.165) is 11.1 Å². The van der Waals surface area contributed by atoms with E-state index in [9.17, 15) is 0 Å². The van der Waals surface area contributed by atoms with Crippen LogP contribution in [-0.4, -0.2) is 4.98 Å². The average Bonchev–Trinajstić information content (AvgIpc) is 2.33. The molecule has 0 fully saturated rings. The predicted molar refractivity (Wildman–Crippen MR) is 59.8 cm³/mol. The lowest BCUT2D eigenvalue weighted by atomic mass is 10.0. The third-order valence-corrected chi connectivity index (χ3v) is 2.32. The molecule has 1 unspecified atom stereocenters. The van der Waals surface area contributed by atoms with E-state index in [2.05, 4.69) is 10.4 Å². The summed E-state index contributed by atoms with van der Waals surface area (Å²) in [6.45, 7) is 0. The van der Waals surface area contributed by atoms with Gasteiger partial charge in [-0.15, -0.1) is 0 Å². The zero-order valence-corrected chi connectivity index (χ0v) is 8.30. The van der Waals surface area contributed by atoms with E-state index in [1.807, 2.05) is 48.7 Å². The second-order valence-electron chi connectivity index (χ2n) is 3.30. The van der Waals surface area contributed by atoms with Crippen LogP contribution < -0.4 is 11.3 Å². The van der Waals surface area contributed by atoms with Crippen molar-refractivity contribution in [2.24, 2.45) is 5.84 Å². The molecule has 3 N–H and O–H groups in total. The molecule has 0 bridgehead atoms. The van der Waals surface area contributed by atoms with Crippen LogP contribution in [0.3, 0.4) is 0 Å². The summed E-state index contributed by atoms with van der Waals surface area (Å²) in [5, 5.41) is 0. The summed E-state index contributed by atoms with van der Waals surface area (Å²) in [6, 6.07) is 14.0. The Labute approximate surface area is 88.9 Å². The van der Waals surface area contributed by atoms with Crippen molar-refractivity contribution in [3.8, 4) is 0 Å². The standard InChI is InChI=1S/C12H13N3/c13-15-12(10-5-2-1-3-6-10)11-7-4-8-14-9-11/h1-9,12,15H,13H2. The molecule has 2 rings (SSSR count). The number of aromatic nitrogens is 1. The van der Waals surface area contributed by atoms with Gasteiger partial charge >= 0.3 is 0 Å². The Morgan fingerprint density at radius 2 is 1.73 bits per heavy atom. The Balaban J connectivity index is 2.34. The summed E-state index contributed by atoms with van der Waals surface area (Å²) in [6.07, 6.45) is 3.57. The lowest BCUT2D eigenvalue weighted by molar-refractivity contribution is 0.635. The molecule has 1 aromatic heterocycles. The van der Waals surface area contributed by atoms with Crippen LogP contribution in [-0.2, 0) is 0 Å². The van der Waals surface area contributed by atoms with Crippen LogP contribution in [0.2, 0.25) is 0 Å². The minimum Gasteiger partial charge on any atom is -0.271 e. The van der Waals surface area contributed by atoms with Gasteiger partial charge in [0.15, 0.2) is 0 Å². The Kier molecular flexibility index (Phi) is 3.07. The van der Waals surface area contributed by atoms with Gasteiger partial charge in [-0.3, -0.25) is 10.8 Å². The SMILES string of the molecule is NNC(c1ccccc1)c1cccnc1. The molecule has 0 radical (unpaired) electrons. The molecule has 1 aromatic carbocycles. The first-order valence-electron chi connectivity index (χ1n) is 4.83. The van der Waals surface area contributed by atoms with Crippen LogP contribution in [0.25, 0.3) is 0 Å². The number of nitrogens with one attached hydrogen (secondary N) is 1. The van der Waals surface area contributed by atoms with E-state index in [4.69, 9.17) is 5.84 Å². The van der Waals surface area contributed by atoms with Crippen molar-refractivity contribution in [3.05, 3.63) is 66.0 Å². The third kappa shape index (κ3) is 2.21. The number of pyridine rings is 1. The second kappa shape index (κ2) is 4.68. The maximum absolute atomic E-state index is 5.56. The molecule has 2 aromatic rings. The first-order valence-corrected chi connectivity index (χ1v) is 4.83. The maximum atomic E-state index is 5.56. The molecule has 1 atom stereocenters. The van der Waals surface area contributed by atoms with Crippen molar-refractivity contribution in [2.75, 3.05) is 0 Å². The van der Waals surface area contributed by atoms with Gasteiger partial charge in [-0.2, -0.15) is 0 Å². The van der Waals surface area contributed by atoms with Crippen molar-refractivity contribution in [1.29, 1.82) is 0 Å². The number of hydrogen-bond acceptors (Lipinski definition) is 3. The van der Waals surface area contributed by atoms with E-state index in [1.165, 1.54) is 0 Å². The molecule has 3 nitrogen and oxygen atoms in total. The van der Waals surface area contributed by atoms with Crippen molar-refractivity contribution in [1.82, 2.24) is 10.4 Å².